The Hall–Kier alpha value is -2.03. The van der Waals surface area contributed by atoms with E-state index in [2.05, 4.69) is 5.43 Å². The molecule has 1 N–H and O–H groups in total. The van der Waals surface area contributed by atoms with Crippen LogP contribution in [0.25, 0.3) is 0 Å². The number of amides is 1. The second-order valence-electron chi connectivity index (χ2n) is 7.36. The minimum Gasteiger partial charge on any atom is -0.453 e. The summed E-state index contributed by atoms with van der Waals surface area (Å²) in [6.07, 6.45) is -1.67. The van der Waals surface area contributed by atoms with Crippen LogP contribution in [0.5, 0.6) is 11.5 Å². The number of carbonyl (C=O) groups excluding carboxylic acids is 1. The van der Waals surface area contributed by atoms with E-state index < -0.39 is 34.2 Å². The van der Waals surface area contributed by atoms with Gasteiger partial charge in [0.05, 0.1) is 28.2 Å². The second kappa shape index (κ2) is 8.61. The minimum absolute atomic E-state index is 0.00593. The van der Waals surface area contributed by atoms with E-state index in [9.17, 15) is 22.4 Å². The summed E-state index contributed by atoms with van der Waals surface area (Å²) in [5.74, 6) is -2.28. The van der Waals surface area contributed by atoms with E-state index in [4.69, 9.17) is 27.9 Å². The molecule has 0 spiro atoms. The number of benzene rings is 2. The standard InChI is InChI=1S/C20H18Cl2F4N2O2/c1-28(7-3-2-4-8-28)27-19(29)14-11-13(5-6-15(14)21)30-18-16(22)9-12(10-17(18)23)20(24,25)26/h5-6,9-11H,2-4,7-8H2,1H3/p+1. The minimum atomic E-state index is -4.75. The smallest absolute Gasteiger partial charge is 0.416 e. The van der Waals surface area contributed by atoms with Crippen molar-refractivity contribution < 1.29 is 31.7 Å². The molecule has 2 aromatic rings. The predicted molar refractivity (Wildman–Crippen MR) is 105 cm³/mol. The van der Waals surface area contributed by atoms with Gasteiger partial charge in [0.2, 0.25) is 0 Å². The van der Waals surface area contributed by atoms with Crippen molar-refractivity contribution in [1.29, 1.82) is 0 Å². The largest absolute Gasteiger partial charge is 0.453 e. The van der Waals surface area contributed by atoms with Crippen LogP contribution < -0.4 is 10.2 Å². The molecule has 162 valence electrons. The van der Waals surface area contributed by atoms with Crippen molar-refractivity contribution in [2.24, 2.45) is 0 Å². The van der Waals surface area contributed by atoms with Crippen LogP contribution in [-0.2, 0) is 6.18 Å². The quantitative estimate of drug-likeness (QED) is 0.429. The fourth-order valence-corrected chi connectivity index (χ4v) is 3.76. The maximum Gasteiger partial charge on any atom is 0.416 e. The van der Waals surface area contributed by atoms with Crippen LogP contribution in [0, 0.1) is 5.82 Å². The molecule has 1 aliphatic rings. The van der Waals surface area contributed by atoms with Gasteiger partial charge in [-0.25, -0.2) is 8.98 Å². The van der Waals surface area contributed by atoms with E-state index in [-0.39, 0.29) is 16.3 Å². The molecule has 0 bridgehead atoms. The topological polar surface area (TPSA) is 38.3 Å². The van der Waals surface area contributed by atoms with Gasteiger partial charge in [-0.1, -0.05) is 23.2 Å². The van der Waals surface area contributed by atoms with Crippen LogP contribution in [-0.4, -0.2) is 30.6 Å². The SMILES string of the molecule is C[N+]1(NC(=O)c2cc(Oc3c(F)cc(C(F)(F)F)cc3Cl)ccc2Cl)CCCCC1. The maximum atomic E-state index is 14.2. The molecule has 0 aromatic heterocycles. The highest BCUT2D eigenvalue weighted by Crippen LogP contribution is 2.39. The zero-order valence-corrected chi connectivity index (χ0v) is 17.5. The van der Waals surface area contributed by atoms with E-state index in [1.54, 1.807) is 0 Å². The number of ether oxygens (including phenoxy) is 1. The third kappa shape index (κ3) is 5.17. The summed E-state index contributed by atoms with van der Waals surface area (Å²) < 4.78 is 58.3. The Morgan fingerprint density at radius 1 is 1.07 bits per heavy atom. The number of halogens is 6. The summed E-state index contributed by atoms with van der Waals surface area (Å²) in [6.45, 7) is 1.57. The fourth-order valence-electron chi connectivity index (χ4n) is 3.31. The zero-order chi connectivity index (χ0) is 22.1. The molecule has 0 atom stereocenters. The number of hydrogen-bond acceptors (Lipinski definition) is 2. The molecule has 1 aliphatic heterocycles. The van der Waals surface area contributed by atoms with Crippen LogP contribution in [0.1, 0.15) is 35.2 Å². The van der Waals surface area contributed by atoms with Gasteiger partial charge in [0.25, 0.3) is 5.91 Å². The number of rotatable bonds is 4. The molecule has 2 aromatic carbocycles. The van der Waals surface area contributed by atoms with Gasteiger partial charge < -0.3 is 4.74 Å². The summed E-state index contributed by atoms with van der Waals surface area (Å²) in [5.41, 5.74) is 1.79. The number of piperidine rings is 1. The number of nitrogens with zero attached hydrogens (tertiary/aromatic N) is 1. The maximum absolute atomic E-state index is 14.2. The molecule has 1 heterocycles. The fraction of sp³-hybridized carbons (Fsp3) is 0.350. The van der Waals surface area contributed by atoms with Crippen molar-refractivity contribution >= 4 is 29.1 Å². The highest BCUT2D eigenvalue weighted by Gasteiger charge is 2.33. The third-order valence-electron chi connectivity index (χ3n) is 4.90. The van der Waals surface area contributed by atoms with Gasteiger partial charge in [-0.2, -0.15) is 18.6 Å². The summed E-state index contributed by atoms with van der Waals surface area (Å²) in [4.78, 5) is 12.7. The van der Waals surface area contributed by atoms with Crippen molar-refractivity contribution in [3.05, 3.63) is 57.3 Å². The van der Waals surface area contributed by atoms with Gasteiger partial charge in [0.1, 0.15) is 18.8 Å². The van der Waals surface area contributed by atoms with Crippen LogP contribution in [0.3, 0.4) is 0 Å². The Kier molecular flexibility index (Phi) is 6.50. The molecule has 1 amide bonds. The monoisotopic (exact) mass is 465 g/mol. The summed E-state index contributed by atoms with van der Waals surface area (Å²) in [5, 5.41) is -0.392. The third-order valence-corrected chi connectivity index (χ3v) is 5.51. The lowest BCUT2D eigenvalue weighted by atomic mass is 10.1. The Bertz CT molecular complexity index is 937. The molecule has 30 heavy (non-hydrogen) atoms. The van der Waals surface area contributed by atoms with Gasteiger partial charge in [0, 0.05) is 0 Å². The number of quaternary nitrogens is 1. The number of likely N-dealkylation sites (tertiary alicyclic amines) is 1. The lowest BCUT2D eigenvalue weighted by molar-refractivity contribution is -0.947. The summed E-state index contributed by atoms with van der Waals surface area (Å²) in [6, 6.07) is 4.92. The predicted octanol–water partition coefficient (Wildman–Crippen LogP) is 6.22. The second-order valence-corrected chi connectivity index (χ2v) is 8.17. The van der Waals surface area contributed by atoms with Crippen LogP contribution in [0.15, 0.2) is 30.3 Å². The molecule has 10 heteroatoms. The van der Waals surface area contributed by atoms with Crippen molar-refractivity contribution in [3.8, 4) is 11.5 Å². The van der Waals surface area contributed by atoms with Gasteiger partial charge in [-0.3, -0.25) is 4.79 Å². The molecule has 1 saturated heterocycles. The molecule has 0 radical (unpaired) electrons. The van der Waals surface area contributed by atoms with E-state index in [1.807, 2.05) is 7.05 Å². The number of carbonyl (C=O) groups is 1. The Morgan fingerprint density at radius 2 is 1.73 bits per heavy atom. The summed E-state index contributed by atoms with van der Waals surface area (Å²) >= 11 is 11.9. The van der Waals surface area contributed by atoms with Crippen LogP contribution >= 0.6 is 23.2 Å². The first-order valence-electron chi connectivity index (χ1n) is 9.19. The highest BCUT2D eigenvalue weighted by molar-refractivity contribution is 6.34. The van der Waals surface area contributed by atoms with E-state index >= 15 is 0 Å². The van der Waals surface area contributed by atoms with Crippen molar-refractivity contribution in [3.63, 3.8) is 0 Å². The van der Waals surface area contributed by atoms with Crippen molar-refractivity contribution in [1.82, 2.24) is 5.43 Å². The first-order chi connectivity index (χ1) is 14.0. The van der Waals surface area contributed by atoms with Gasteiger partial charge in [-0.05, 0) is 49.6 Å². The summed E-state index contributed by atoms with van der Waals surface area (Å²) in [7, 11) is 1.91. The molecular formula is C20H19Cl2F4N2O2+. The van der Waals surface area contributed by atoms with Gasteiger partial charge in [-0.15, -0.1) is 0 Å². The van der Waals surface area contributed by atoms with Gasteiger partial charge in [0.15, 0.2) is 11.6 Å². The van der Waals surface area contributed by atoms with Crippen LogP contribution in [0.2, 0.25) is 10.0 Å². The Balaban J connectivity index is 1.84. The van der Waals surface area contributed by atoms with Crippen molar-refractivity contribution in [2.75, 3.05) is 20.1 Å². The van der Waals surface area contributed by atoms with Gasteiger partial charge >= 0.3 is 6.18 Å². The molecule has 0 saturated carbocycles. The molecule has 4 nitrogen and oxygen atoms in total. The van der Waals surface area contributed by atoms with Crippen LogP contribution in [0.4, 0.5) is 17.6 Å². The average Bonchev–Trinajstić information content (AvgIpc) is 2.65. The molecule has 3 rings (SSSR count). The highest BCUT2D eigenvalue weighted by atomic mass is 35.5. The van der Waals surface area contributed by atoms with E-state index in [0.29, 0.717) is 16.7 Å². The number of nitrogens with one attached hydrogen (secondary N) is 1. The Morgan fingerprint density at radius 3 is 2.33 bits per heavy atom. The zero-order valence-electron chi connectivity index (χ0n) is 16.0. The lowest BCUT2D eigenvalue weighted by Crippen LogP contribution is -2.59. The molecule has 1 fully saturated rings. The number of alkyl halides is 3. The molecule has 0 unspecified atom stereocenters. The van der Waals surface area contributed by atoms with E-state index in [0.717, 1.165) is 32.4 Å². The van der Waals surface area contributed by atoms with E-state index in [1.165, 1.54) is 18.2 Å². The molecule has 0 aliphatic carbocycles. The lowest BCUT2D eigenvalue weighted by Gasteiger charge is -2.36. The molecular weight excluding hydrogens is 447 g/mol. The van der Waals surface area contributed by atoms with Crippen molar-refractivity contribution in [2.45, 2.75) is 25.4 Å². The first kappa shape index (κ1) is 22.7. The normalized spacial score (nSPS) is 16.2. The number of hydrogen-bond donors (Lipinski definition) is 1. The first-order valence-corrected chi connectivity index (χ1v) is 9.95. The average molecular weight is 466 g/mol. The Labute approximate surface area is 180 Å².